The number of hydrogen-bond acceptors (Lipinski definition) is 5. The fourth-order valence-corrected chi connectivity index (χ4v) is 3.35. The number of amides is 2. The van der Waals surface area contributed by atoms with Crippen LogP contribution in [-0.2, 0) is 16.0 Å². The third kappa shape index (κ3) is 4.08. The van der Waals surface area contributed by atoms with Crippen molar-refractivity contribution < 1.29 is 14.3 Å². The smallest absolute Gasteiger partial charge is 0.274 e. The van der Waals surface area contributed by atoms with Crippen molar-refractivity contribution in [3.8, 4) is 0 Å². The van der Waals surface area contributed by atoms with Crippen LogP contribution in [-0.4, -0.2) is 71.0 Å². The highest BCUT2D eigenvalue weighted by Crippen LogP contribution is 2.20. The van der Waals surface area contributed by atoms with Gasteiger partial charge in [-0.15, -0.1) is 0 Å². The summed E-state index contributed by atoms with van der Waals surface area (Å²) in [6.07, 6.45) is 6.10. The Morgan fingerprint density at radius 2 is 2.00 bits per heavy atom. The number of ether oxygens (including phenoxy) is 1. The first-order valence-electron chi connectivity index (χ1n) is 8.57. The quantitative estimate of drug-likeness (QED) is 0.816. The number of carbonyl (C=O) groups is 2. The highest BCUT2D eigenvalue weighted by Gasteiger charge is 2.24. The van der Waals surface area contributed by atoms with E-state index in [0.29, 0.717) is 37.9 Å². The minimum absolute atomic E-state index is 0.0818. The Kier molecular flexibility index (Phi) is 5.40. The van der Waals surface area contributed by atoms with E-state index in [1.807, 2.05) is 4.90 Å². The Labute approximate surface area is 142 Å². The van der Waals surface area contributed by atoms with Crippen LogP contribution in [0.2, 0.25) is 0 Å². The van der Waals surface area contributed by atoms with Gasteiger partial charge < -0.3 is 14.5 Å². The van der Waals surface area contributed by atoms with Gasteiger partial charge in [-0.2, -0.15) is 0 Å². The van der Waals surface area contributed by atoms with Crippen LogP contribution < -0.4 is 0 Å². The zero-order valence-corrected chi connectivity index (χ0v) is 14.1. The summed E-state index contributed by atoms with van der Waals surface area (Å²) in [7, 11) is 0. The highest BCUT2D eigenvalue weighted by molar-refractivity contribution is 5.92. The minimum atomic E-state index is -0.0818. The molecular weight excluding hydrogens is 308 g/mol. The second-order valence-electron chi connectivity index (χ2n) is 6.48. The number of hydrogen-bond donors (Lipinski definition) is 0. The molecule has 24 heavy (non-hydrogen) atoms. The molecule has 2 fully saturated rings. The minimum Gasteiger partial charge on any atom is -0.378 e. The number of likely N-dealkylation sites (tertiary alicyclic amines) is 1. The Hall–Kier alpha value is -2.02. The maximum Gasteiger partial charge on any atom is 0.274 e. The first kappa shape index (κ1) is 16.8. The molecule has 0 N–H and O–H groups in total. The largest absolute Gasteiger partial charge is 0.378 e. The lowest BCUT2D eigenvalue weighted by Gasteiger charge is -2.32. The van der Waals surface area contributed by atoms with Gasteiger partial charge in [0.2, 0.25) is 5.91 Å². The van der Waals surface area contributed by atoms with Crippen LogP contribution >= 0.6 is 0 Å². The van der Waals surface area contributed by atoms with Gasteiger partial charge in [0.05, 0.1) is 25.1 Å². The molecule has 0 saturated carbocycles. The molecule has 0 aliphatic carbocycles. The lowest BCUT2D eigenvalue weighted by atomic mass is 9.93. The van der Waals surface area contributed by atoms with Crippen LogP contribution in [0.4, 0.5) is 0 Å². The number of piperidine rings is 1. The summed E-state index contributed by atoms with van der Waals surface area (Å²) >= 11 is 0. The summed E-state index contributed by atoms with van der Waals surface area (Å²) in [5.41, 5.74) is 1.22. The average molecular weight is 332 g/mol. The molecule has 2 aliphatic rings. The third-order valence-corrected chi connectivity index (χ3v) is 4.66. The van der Waals surface area contributed by atoms with Crippen molar-refractivity contribution in [3.63, 3.8) is 0 Å². The predicted octanol–water partition coefficient (Wildman–Crippen LogP) is 0.750. The Morgan fingerprint density at radius 3 is 2.75 bits per heavy atom. The van der Waals surface area contributed by atoms with Crippen molar-refractivity contribution in [1.29, 1.82) is 0 Å². The monoisotopic (exact) mass is 332 g/mol. The molecule has 2 aliphatic heterocycles. The van der Waals surface area contributed by atoms with Gasteiger partial charge in [0, 0.05) is 39.3 Å². The fraction of sp³-hybridized carbons (Fsp3) is 0.647. The predicted molar refractivity (Wildman–Crippen MR) is 87.4 cm³/mol. The molecule has 1 aromatic rings. The van der Waals surface area contributed by atoms with E-state index >= 15 is 0 Å². The van der Waals surface area contributed by atoms with Crippen molar-refractivity contribution >= 4 is 11.8 Å². The van der Waals surface area contributed by atoms with Crippen LogP contribution in [0.15, 0.2) is 12.4 Å². The molecule has 0 aromatic carbocycles. The number of morpholine rings is 1. The number of rotatable bonds is 3. The number of carbonyl (C=O) groups excluding carboxylic acids is 2. The molecule has 2 amide bonds. The zero-order chi connectivity index (χ0) is 16.9. The van der Waals surface area contributed by atoms with Crippen LogP contribution in [0.5, 0.6) is 0 Å². The van der Waals surface area contributed by atoms with Crippen LogP contribution in [0.25, 0.3) is 0 Å². The first-order valence-corrected chi connectivity index (χ1v) is 8.57. The maximum absolute atomic E-state index is 12.5. The van der Waals surface area contributed by atoms with Gasteiger partial charge >= 0.3 is 0 Å². The molecule has 2 saturated heterocycles. The van der Waals surface area contributed by atoms with Gasteiger partial charge in [-0.1, -0.05) is 0 Å². The molecule has 3 rings (SSSR count). The van der Waals surface area contributed by atoms with Gasteiger partial charge in [-0.05, 0) is 25.2 Å². The summed E-state index contributed by atoms with van der Waals surface area (Å²) in [6, 6.07) is 0. The Morgan fingerprint density at radius 1 is 1.21 bits per heavy atom. The van der Waals surface area contributed by atoms with Crippen molar-refractivity contribution in [2.45, 2.75) is 26.2 Å². The topological polar surface area (TPSA) is 75.6 Å². The molecule has 3 heterocycles. The number of aromatic nitrogens is 2. The molecule has 130 valence electrons. The maximum atomic E-state index is 12.5. The van der Waals surface area contributed by atoms with Crippen molar-refractivity contribution in [3.05, 3.63) is 23.8 Å². The molecule has 0 spiro atoms. The van der Waals surface area contributed by atoms with Crippen molar-refractivity contribution in [2.75, 3.05) is 39.4 Å². The lowest BCUT2D eigenvalue weighted by molar-refractivity contribution is -0.130. The zero-order valence-electron chi connectivity index (χ0n) is 14.1. The van der Waals surface area contributed by atoms with Crippen LogP contribution in [0, 0.1) is 5.92 Å². The summed E-state index contributed by atoms with van der Waals surface area (Å²) in [5, 5.41) is 0. The van der Waals surface area contributed by atoms with Gasteiger partial charge in [-0.25, -0.2) is 4.98 Å². The number of nitrogens with zero attached hydrogens (tertiary/aromatic N) is 4. The van der Waals surface area contributed by atoms with Crippen LogP contribution in [0.3, 0.4) is 0 Å². The average Bonchev–Trinajstić information content (AvgIpc) is 2.62. The van der Waals surface area contributed by atoms with E-state index < -0.39 is 0 Å². The van der Waals surface area contributed by atoms with Crippen molar-refractivity contribution in [2.24, 2.45) is 5.92 Å². The van der Waals surface area contributed by atoms with Gasteiger partial charge in [0.25, 0.3) is 5.91 Å². The Balaban J connectivity index is 1.64. The third-order valence-electron chi connectivity index (χ3n) is 4.66. The van der Waals surface area contributed by atoms with E-state index in [1.54, 1.807) is 18.0 Å². The lowest BCUT2D eigenvalue weighted by Crippen LogP contribution is -2.41. The molecular formula is C17H24N4O3. The second kappa shape index (κ2) is 7.70. The van der Waals surface area contributed by atoms with Gasteiger partial charge in [0.1, 0.15) is 5.69 Å². The second-order valence-corrected chi connectivity index (χ2v) is 6.48. The summed E-state index contributed by atoms with van der Waals surface area (Å²) in [6.45, 7) is 5.56. The SMILES string of the molecule is CC(=O)N1CCCC(Cc2cncc(C(=O)N3CCOCC3)n2)C1. The molecule has 1 unspecified atom stereocenters. The molecule has 1 atom stereocenters. The molecule has 0 bridgehead atoms. The molecule has 7 heteroatoms. The van der Waals surface area contributed by atoms with E-state index in [2.05, 4.69) is 9.97 Å². The normalized spacial score (nSPS) is 21.6. The summed E-state index contributed by atoms with van der Waals surface area (Å²) in [4.78, 5) is 36.4. The molecule has 7 nitrogen and oxygen atoms in total. The fourth-order valence-electron chi connectivity index (χ4n) is 3.35. The van der Waals surface area contributed by atoms with Gasteiger partial charge in [0.15, 0.2) is 0 Å². The molecule has 0 radical (unpaired) electrons. The molecule has 1 aromatic heterocycles. The van der Waals surface area contributed by atoms with E-state index in [4.69, 9.17) is 4.74 Å². The van der Waals surface area contributed by atoms with E-state index in [1.165, 1.54) is 6.20 Å². The van der Waals surface area contributed by atoms with Crippen LogP contribution in [0.1, 0.15) is 35.9 Å². The van der Waals surface area contributed by atoms with Crippen molar-refractivity contribution in [1.82, 2.24) is 19.8 Å². The first-order chi connectivity index (χ1) is 11.6. The van der Waals surface area contributed by atoms with E-state index in [-0.39, 0.29) is 11.8 Å². The summed E-state index contributed by atoms with van der Waals surface area (Å²) in [5.74, 6) is 0.425. The Bertz CT molecular complexity index is 601. The van der Waals surface area contributed by atoms with Gasteiger partial charge in [-0.3, -0.25) is 14.6 Å². The summed E-state index contributed by atoms with van der Waals surface area (Å²) < 4.78 is 5.28. The van der Waals surface area contributed by atoms with E-state index in [0.717, 1.165) is 38.0 Å². The highest BCUT2D eigenvalue weighted by atomic mass is 16.5. The van der Waals surface area contributed by atoms with E-state index in [9.17, 15) is 9.59 Å². The standard InChI is InChI=1S/C17H24N4O3/c1-13(22)21-4-2-3-14(12-21)9-15-10-18-11-16(19-15)17(23)20-5-7-24-8-6-20/h10-11,14H,2-9,12H2,1H3.